The molecule has 0 aromatic rings. The highest BCUT2D eigenvalue weighted by Gasteiger charge is 2.27. The summed E-state index contributed by atoms with van der Waals surface area (Å²) in [5, 5.41) is 0. The molecule has 0 atom stereocenters. The molecule has 0 aliphatic heterocycles. The second kappa shape index (κ2) is 1.75. The molecular formula is C8H17. The van der Waals surface area contributed by atoms with E-state index < -0.39 is 0 Å². The Labute approximate surface area is 53.3 Å². The van der Waals surface area contributed by atoms with Crippen LogP contribution in [0, 0.1) is 17.8 Å². The Bertz CT molecular complexity index is 55.0. The molecule has 0 rings (SSSR count). The van der Waals surface area contributed by atoms with Gasteiger partial charge in [-0.1, -0.05) is 34.6 Å². The Hall–Kier alpha value is 0. The van der Waals surface area contributed by atoms with E-state index in [2.05, 4.69) is 41.5 Å². The first kappa shape index (κ1) is 8.00. The van der Waals surface area contributed by atoms with Crippen molar-refractivity contribution in [3.05, 3.63) is 6.92 Å². The molecule has 0 aromatic carbocycles. The zero-order chi connectivity index (χ0) is 7.00. The molecule has 0 nitrogen and oxygen atoms in total. The van der Waals surface area contributed by atoms with Crippen molar-refractivity contribution >= 4 is 0 Å². The predicted molar refractivity (Wildman–Crippen MR) is 38.6 cm³/mol. The highest BCUT2D eigenvalue weighted by Crippen LogP contribution is 2.36. The van der Waals surface area contributed by atoms with Gasteiger partial charge in [0.25, 0.3) is 0 Å². The van der Waals surface area contributed by atoms with E-state index in [9.17, 15) is 0 Å². The van der Waals surface area contributed by atoms with Crippen molar-refractivity contribution in [2.75, 3.05) is 0 Å². The lowest BCUT2D eigenvalue weighted by Crippen LogP contribution is -2.25. The van der Waals surface area contributed by atoms with Gasteiger partial charge in [0.15, 0.2) is 0 Å². The Morgan fingerprint density at radius 1 is 0.875 bits per heavy atom. The van der Waals surface area contributed by atoms with E-state index in [0.717, 1.165) is 0 Å². The Morgan fingerprint density at radius 2 is 1.00 bits per heavy atom. The molecule has 0 unspecified atom stereocenters. The zero-order valence-electron chi connectivity index (χ0n) is 6.71. The molecule has 1 radical (unpaired) electrons. The standard InChI is InChI=1S/C8H17/c1-7(2,3)8(4,5)6/h1H2,2-6H3. The van der Waals surface area contributed by atoms with Crippen molar-refractivity contribution < 1.29 is 0 Å². The minimum atomic E-state index is 0.188. The maximum Gasteiger partial charge on any atom is -0.0305 e. The van der Waals surface area contributed by atoms with Crippen LogP contribution < -0.4 is 0 Å². The second-order valence-corrected chi connectivity index (χ2v) is 4.13. The molecule has 0 aromatic heterocycles. The molecule has 0 aliphatic carbocycles. The first-order valence-corrected chi connectivity index (χ1v) is 3.10. The monoisotopic (exact) mass is 113 g/mol. The third-order valence-electron chi connectivity index (χ3n) is 2.03. The molecule has 0 heteroatoms. The molecule has 49 valence electrons. The number of hydrogen-bond donors (Lipinski definition) is 0. The van der Waals surface area contributed by atoms with Gasteiger partial charge >= 0.3 is 0 Å². The van der Waals surface area contributed by atoms with Crippen LogP contribution in [-0.4, -0.2) is 0 Å². The fraction of sp³-hybridized carbons (Fsp3) is 0.875. The average molecular weight is 113 g/mol. The van der Waals surface area contributed by atoms with Gasteiger partial charge in [-0.3, -0.25) is 0 Å². The van der Waals surface area contributed by atoms with Crippen LogP contribution >= 0.6 is 0 Å². The lowest BCUT2D eigenvalue weighted by atomic mass is 9.71. The smallest absolute Gasteiger partial charge is 0.0305 e. The molecule has 0 amide bonds. The fourth-order valence-corrected chi connectivity index (χ4v) is 0. The summed E-state index contributed by atoms with van der Waals surface area (Å²) in [6.45, 7) is 15.0. The molecule has 8 heavy (non-hydrogen) atoms. The molecule has 0 saturated heterocycles. The minimum absolute atomic E-state index is 0.188. The molecule has 0 aliphatic rings. The molecule has 0 heterocycles. The number of rotatable bonds is 0. The van der Waals surface area contributed by atoms with Crippen molar-refractivity contribution in [2.45, 2.75) is 34.6 Å². The normalized spacial score (nSPS) is 14.2. The maximum absolute atomic E-state index is 4.04. The van der Waals surface area contributed by atoms with E-state index in [1.807, 2.05) is 0 Å². The van der Waals surface area contributed by atoms with Crippen molar-refractivity contribution in [2.24, 2.45) is 10.8 Å². The highest BCUT2D eigenvalue weighted by atomic mass is 14.3. The Balaban J connectivity index is 4.02. The van der Waals surface area contributed by atoms with Crippen LogP contribution in [0.4, 0.5) is 0 Å². The third-order valence-corrected chi connectivity index (χ3v) is 2.03. The van der Waals surface area contributed by atoms with Gasteiger partial charge in [0, 0.05) is 0 Å². The van der Waals surface area contributed by atoms with E-state index in [1.165, 1.54) is 0 Å². The first-order valence-electron chi connectivity index (χ1n) is 3.10. The van der Waals surface area contributed by atoms with Gasteiger partial charge in [-0.25, -0.2) is 0 Å². The topological polar surface area (TPSA) is 0 Å². The lowest BCUT2D eigenvalue weighted by Gasteiger charge is -2.34. The molecule has 0 saturated carbocycles. The van der Waals surface area contributed by atoms with Crippen molar-refractivity contribution in [1.29, 1.82) is 0 Å². The summed E-state index contributed by atoms with van der Waals surface area (Å²) in [6, 6.07) is 0. The van der Waals surface area contributed by atoms with E-state index in [-0.39, 0.29) is 5.41 Å². The van der Waals surface area contributed by atoms with Crippen LogP contribution in [0.15, 0.2) is 0 Å². The van der Waals surface area contributed by atoms with E-state index in [0.29, 0.717) is 5.41 Å². The molecule has 0 fully saturated rings. The molecular weight excluding hydrogens is 96.1 g/mol. The van der Waals surface area contributed by atoms with E-state index >= 15 is 0 Å². The average Bonchev–Trinajstić information content (AvgIpc) is 1.25. The van der Waals surface area contributed by atoms with Gasteiger partial charge in [-0.2, -0.15) is 0 Å². The van der Waals surface area contributed by atoms with Crippen LogP contribution in [0.2, 0.25) is 0 Å². The van der Waals surface area contributed by atoms with Crippen LogP contribution in [-0.2, 0) is 0 Å². The summed E-state index contributed by atoms with van der Waals surface area (Å²) in [4.78, 5) is 0. The molecule has 0 bridgehead atoms. The van der Waals surface area contributed by atoms with Gasteiger partial charge in [0.2, 0.25) is 0 Å². The van der Waals surface area contributed by atoms with Crippen molar-refractivity contribution in [3.63, 3.8) is 0 Å². The van der Waals surface area contributed by atoms with E-state index in [4.69, 9.17) is 0 Å². The van der Waals surface area contributed by atoms with Crippen LogP contribution in [0.3, 0.4) is 0 Å². The van der Waals surface area contributed by atoms with Crippen LogP contribution in [0.1, 0.15) is 34.6 Å². The van der Waals surface area contributed by atoms with Crippen molar-refractivity contribution in [3.8, 4) is 0 Å². The molecule has 0 N–H and O–H groups in total. The third kappa shape index (κ3) is 1.85. The lowest BCUT2D eigenvalue weighted by molar-refractivity contribution is 0.189. The zero-order valence-corrected chi connectivity index (χ0v) is 6.71. The summed E-state index contributed by atoms with van der Waals surface area (Å²) >= 11 is 0. The Morgan fingerprint density at radius 3 is 1.00 bits per heavy atom. The fourth-order valence-electron chi connectivity index (χ4n) is 0. The van der Waals surface area contributed by atoms with Crippen molar-refractivity contribution in [1.82, 2.24) is 0 Å². The van der Waals surface area contributed by atoms with Crippen LogP contribution in [0.25, 0.3) is 0 Å². The SMILES string of the molecule is [CH2]C(C)(C)C(C)(C)C. The minimum Gasteiger partial charge on any atom is -0.0597 e. The van der Waals surface area contributed by atoms with Gasteiger partial charge in [-0.15, -0.1) is 0 Å². The summed E-state index contributed by atoms with van der Waals surface area (Å²) in [5.74, 6) is 0. The van der Waals surface area contributed by atoms with E-state index in [1.54, 1.807) is 0 Å². The van der Waals surface area contributed by atoms with Gasteiger partial charge < -0.3 is 0 Å². The van der Waals surface area contributed by atoms with Gasteiger partial charge in [-0.05, 0) is 17.8 Å². The summed E-state index contributed by atoms with van der Waals surface area (Å²) < 4.78 is 0. The second-order valence-electron chi connectivity index (χ2n) is 4.13. The first-order chi connectivity index (χ1) is 3.25. The predicted octanol–water partition coefficient (Wildman–Crippen LogP) is 2.89. The van der Waals surface area contributed by atoms with Gasteiger partial charge in [0.1, 0.15) is 0 Å². The summed E-state index contributed by atoms with van der Waals surface area (Å²) in [7, 11) is 0. The van der Waals surface area contributed by atoms with Gasteiger partial charge in [0.05, 0.1) is 0 Å². The summed E-state index contributed by atoms with van der Waals surface area (Å²) in [6.07, 6.45) is 0. The molecule has 0 spiro atoms. The number of hydrogen-bond acceptors (Lipinski definition) is 0. The quantitative estimate of drug-likeness (QED) is 0.453. The summed E-state index contributed by atoms with van der Waals surface area (Å²) in [5.41, 5.74) is 0.514. The maximum atomic E-state index is 4.04. The largest absolute Gasteiger partial charge is 0.0597 e. The highest BCUT2D eigenvalue weighted by molar-refractivity contribution is 4.83. The Kier molecular flexibility index (Phi) is 1.75. The van der Waals surface area contributed by atoms with Crippen LogP contribution in [0.5, 0.6) is 0 Å².